The Morgan fingerprint density at radius 3 is 2.87 bits per heavy atom. The van der Waals surface area contributed by atoms with Crippen LogP contribution in [0.15, 0.2) is 0 Å². The lowest BCUT2D eigenvalue weighted by Gasteiger charge is -2.21. The molecule has 3 N–H and O–H groups in total. The maximum absolute atomic E-state index is 11.3. The first-order chi connectivity index (χ1) is 7.18. The summed E-state index contributed by atoms with van der Waals surface area (Å²) in [6.07, 6.45) is 1.83. The molecule has 1 amide bonds. The van der Waals surface area contributed by atoms with Crippen molar-refractivity contribution in [2.24, 2.45) is 0 Å². The fourth-order valence-corrected chi connectivity index (χ4v) is 2.53. The molecule has 0 aromatic carbocycles. The van der Waals surface area contributed by atoms with Crippen molar-refractivity contribution in [3.8, 4) is 0 Å². The summed E-state index contributed by atoms with van der Waals surface area (Å²) < 4.78 is 0. The Bertz CT molecular complexity index is 194. The molecule has 1 atom stereocenters. The van der Waals surface area contributed by atoms with E-state index < -0.39 is 6.10 Å². The quantitative estimate of drug-likeness (QED) is 0.623. The van der Waals surface area contributed by atoms with Gasteiger partial charge in [-0.1, -0.05) is 0 Å². The summed E-state index contributed by atoms with van der Waals surface area (Å²) in [4.78, 5) is 11.3. The van der Waals surface area contributed by atoms with Gasteiger partial charge in [0.15, 0.2) is 0 Å². The molecule has 1 heterocycles. The fraction of sp³-hybridized carbons (Fsp3) is 0.900. The van der Waals surface area contributed by atoms with Crippen molar-refractivity contribution in [1.29, 1.82) is 0 Å². The van der Waals surface area contributed by atoms with Crippen molar-refractivity contribution in [2.75, 3.05) is 25.4 Å². The average Bonchev–Trinajstić information content (AvgIpc) is 2.25. The van der Waals surface area contributed by atoms with Gasteiger partial charge >= 0.3 is 0 Å². The Hall–Kier alpha value is -0.260. The Kier molecular flexibility index (Phi) is 6.05. The van der Waals surface area contributed by atoms with Crippen LogP contribution in [0.25, 0.3) is 0 Å². The van der Waals surface area contributed by atoms with Crippen LogP contribution in [0.2, 0.25) is 0 Å². The van der Waals surface area contributed by atoms with Gasteiger partial charge in [-0.3, -0.25) is 4.79 Å². The number of piperidine rings is 1. The molecule has 1 saturated heterocycles. The third-order valence-corrected chi connectivity index (χ3v) is 3.70. The van der Waals surface area contributed by atoms with Crippen LogP contribution < -0.4 is 10.6 Å². The lowest BCUT2D eigenvalue weighted by Crippen LogP contribution is -2.33. The number of carbonyl (C=O) groups is 1. The largest absolute Gasteiger partial charge is 0.392 e. The molecule has 5 heteroatoms. The number of aliphatic hydroxyl groups is 1. The normalized spacial score (nSPS) is 19.9. The number of hydrogen-bond donors (Lipinski definition) is 3. The molecule has 1 rings (SSSR count). The zero-order chi connectivity index (χ0) is 11.1. The molecule has 0 radical (unpaired) electrons. The van der Waals surface area contributed by atoms with Crippen LogP contribution in [0.1, 0.15) is 19.8 Å². The van der Waals surface area contributed by atoms with E-state index in [-0.39, 0.29) is 5.91 Å². The third kappa shape index (κ3) is 6.02. The average molecular weight is 232 g/mol. The Labute approximate surface area is 95.2 Å². The number of carbonyl (C=O) groups excluding carboxylic acids is 1. The van der Waals surface area contributed by atoms with Gasteiger partial charge in [-0.2, -0.15) is 0 Å². The molecular formula is C10H20N2O2S. The van der Waals surface area contributed by atoms with Gasteiger partial charge < -0.3 is 15.7 Å². The van der Waals surface area contributed by atoms with E-state index in [1.165, 1.54) is 0 Å². The Balaban J connectivity index is 2.05. The number of rotatable bonds is 5. The fourth-order valence-electron chi connectivity index (χ4n) is 1.47. The Morgan fingerprint density at radius 2 is 2.27 bits per heavy atom. The highest BCUT2D eigenvalue weighted by Crippen LogP contribution is 2.19. The number of aliphatic hydroxyl groups excluding tert-OH is 1. The van der Waals surface area contributed by atoms with Crippen LogP contribution in [0, 0.1) is 0 Å². The summed E-state index contributed by atoms with van der Waals surface area (Å²) in [6.45, 7) is 4.14. The highest BCUT2D eigenvalue weighted by molar-refractivity contribution is 8.00. The first-order valence-corrected chi connectivity index (χ1v) is 6.50. The van der Waals surface area contributed by atoms with Gasteiger partial charge in [-0.25, -0.2) is 0 Å². The zero-order valence-electron chi connectivity index (χ0n) is 9.16. The van der Waals surface area contributed by atoms with Gasteiger partial charge in [0.1, 0.15) is 0 Å². The molecule has 0 bridgehead atoms. The van der Waals surface area contributed by atoms with Crippen molar-refractivity contribution in [1.82, 2.24) is 10.6 Å². The predicted octanol–water partition coefficient (Wildman–Crippen LogP) is -0.0314. The summed E-state index contributed by atoms with van der Waals surface area (Å²) in [6, 6.07) is 0. The van der Waals surface area contributed by atoms with Gasteiger partial charge in [0, 0.05) is 11.8 Å². The van der Waals surface area contributed by atoms with Crippen molar-refractivity contribution >= 4 is 17.7 Å². The van der Waals surface area contributed by atoms with E-state index in [1.807, 2.05) is 0 Å². The van der Waals surface area contributed by atoms with Gasteiger partial charge in [0.25, 0.3) is 0 Å². The summed E-state index contributed by atoms with van der Waals surface area (Å²) >= 11 is 1.72. The van der Waals surface area contributed by atoms with Crippen LogP contribution in [-0.2, 0) is 4.79 Å². The summed E-state index contributed by atoms with van der Waals surface area (Å²) in [5, 5.41) is 15.6. The maximum atomic E-state index is 11.3. The lowest BCUT2D eigenvalue weighted by atomic mass is 10.2. The second-order valence-corrected chi connectivity index (χ2v) is 5.20. The minimum Gasteiger partial charge on any atom is -0.392 e. The highest BCUT2D eigenvalue weighted by atomic mass is 32.2. The summed E-state index contributed by atoms with van der Waals surface area (Å²) in [5.74, 6) is 0.539. The van der Waals surface area contributed by atoms with E-state index in [0.717, 1.165) is 25.9 Å². The molecule has 1 aliphatic heterocycles. The van der Waals surface area contributed by atoms with Crippen molar-refractivity contribution in [3.63, 3.8) is 0 Å². The number of nitrogens with one attached hydrogen (secondary N) is 2. The summed E-state index contributed by atoms with van der Waals surface area (Å²) in [5.41, 5.74) is 0. The van der Waals surface area contributed by atoms with E-state index in [0.29, 0.717) is 17.5 Å². The zero-order valence-corrected chi connectivity index (χ0v) is 9.98. The van der Waals surface area contributed by atoms with Crippen LogP contribution in [-0.4, -0.2) is 47.8 Å². The van der Waals surface area contributed by atoms with E-state index in [2.05, 4.69) is 10.6 Å². The van der Waals surface area contributed by atoms with E-state index in [1.54, 1.807) is 18.7 Å². The first kappa shape index (κ1) is 12.8. The molecule has 0 aromatic rings. The smallest absolute Gasteiger partial charge is 0.230 e. The minimum absolute atomic E-state index is 0.0273. The van der Waals surface area contributed by atoms with Crippen LogP contribution in [0.4, 0.5) is 0 Å². The van der Waals surface area contributed by atoms with Crippen LogP contribution in [0.5, 0.6) is 0 Å². The number of thioether (sulfide) groups is 1. The SMILES string of the molecule is C[C@H](O)CNC(=O)CSC1CCNCC1. The van der Waals surface area contributed by atoms with Crippen molar-refractivity contribution in [3.05, 3.63) is 0 Å². The topological polar surface area (TPSA) is 61.4 Å². The van der Waals surface area contributed by atoms with Crippen molar-refractivity contribution in [2.45, 2.75) is 31.1 Å². The van der Waals surface area contributed by atoms with Crippen LogP contribution >= 0.6 is 11.8 Å². The lowest BCUT2D eigenvalue weighted by molar-refractivity contribution is -0.118. The highest BCUT2D eigenvalue weighted by Gasteiger charge is 2.14. The minimum atomic E-state index is -0.460. The molecule has 15 heavy (non-hydrogen) atoms. The van der Waals surface area contributed by atoms with Crippen LogP contribution in [0.3, 0.4) is 0 Å². The predicted molar refractivity (Wildman–Crippen MR) is 63.0 cm³/mol. The second-order valence-electron chi connectivity index (χ2n) is 3.91. The molecule has 0 unspecified atom stereocenters. The van der Waals surface area contributed by atoms with E-state index >= 15 is 0 Å². The molecule has 88 valence electrons. The van der Waals surface area contributed by atoms with E-state index in [9.17, 15) is 4.79 Å². The van der Waals surface area contributed by atoms with Gasteiger partial charge in [0.2, 0.25) is 5.91 Å². The maximum Gasteiger partial charge on any atom is 0.230 e. The summed E-state index contributed by atoms with van der Waals surface area (Å²) in [7, 11) is 0. The molecule has 0 aromatic heterocycles. The molecule has 4 nitrogen and oxygen atoms in total. The second kappa shape index (κ2) is 7.09. The van der Waals surface area contributed by atoms with E-state index in [4.69, 9.17) is 5.11 Å². The first-order valence-electron chi connectivity index (χ1n) is 5.45. The standard InChI is InChI=1S/C10H20N2O2S/c1-8(13)6-12-10(14)7-15-9-2-4-11-5-3-9/h8-9,11,13H,2-7H2,1H3,(H,12,14)/t8-/m0/s1. The molecule has 1 fully saturated rings. The Morgan fingerprint density at radius 1 is 1.60 bits per heavy atom. The molecule has 0 spiro atoms. The monoisotopic (exact) mass is 232 g/mol. The molecular weight excluding hydrogens is 212 g/mol. The third-order valence-electron chi connectivity index (χ3n) is 2.33. The number of hydrogen-bond acceptors (Lipinski definition) is 4. The molecule has 0 saturated carbocycles. The van der Waals surface area contributed by atoms with Gasteiger partial charge in [-0.05, 0) is 32.9 Å². The van der Waals surface area contributed by atoms with Gasteiger partial charge in [-0.15, -0.1) is 11.8 Å². The van der Waals surface area contributed by atoms with Gasteiger partial charge in [0.05, 0.1) is 11.9 Å². The number of amides is 1. The molecule has 0 aliphatic carbocycles. The van der Waals surface area contributed by atoms with Crippen molar-refractivity contribution < 1.29 is 9.90 Å². The molecule has 1 aliphatic rings.